The Morgan fingerprint density at radius 2 is 2.00 bits per heavy atom. The van der Waals surface area contributed by atoms with Crippen LogP contribution in [0.3, 0.4) is 0 Å². The molecule has 3 heteroatoms. The molecule has 0 aliphatic carbocycles. The Morgan fingerprint density at radius 1 is 1.32 bits per heavy atom. The third-order valence-electron chi connectivity index (χ3n) is 3.14. The molecular formula is C19H24N2O. The molecule has 1 rings (SSSR count). The third kappa shape index (κ3) is 5.09. The first-order valence-electron chi connectivity index (χ1n) is 7.31. The van der Waals surface area contributed by atoms with Crippen molar-refractivity contribution in [2.75, 3.05) is 6.61 Å². The maximum Gasteiger partial charge on any atom is 0.119 e. The van der Waals surface area contributed by atoms with Gasteiger partial charge in [0, 0.05) is 29.6 Å². The van der Waals surface area contributed by atoms with E-state index in [4.69, 9.17) is 10.1 Å². The monoisotopic (exact) mass is 296 g/mol. The van der Waals surface area contributed by atoms with Gasteiger partial charge in [-0.05, 0) is 25.5 Å². The SMILES string of the molecule is C=C/C=C(NCc1ccc(C(=C)OCC)cc1)\C(C=N)=C/C. The van der Waals surface area contributed by atoms with Gasteiger partial charge in [-0.1, -0.05) is 49.6 Å². The summed E-state index contributed by atoms with van der Waals surface area (Å²) in [5.74, 6) is 0.689. The topological polar surface area (TPSA) is 45.1 Å². The number of hydrogen-bond acceptors (Lipinski definition) is 3. The Balaban J connectivity index is 2.75. The van der Waals surface area contributed by atoms with Crippen LogP contribution in [0, 0.1) is 5.41 Å². The van der Waals surface area contributed by atoms with Crippen LogP contribution in [0.2, 0.25) is 0 Å². The van der Waals surface area contributed by atoms with E-state index in [1.54, 1.807) is 6.08 Å². The summed E-state index contributed by atoms with van der Waals surface area (Å²) in [6.07, 6.45) is 6.80. The maximum absolute atomic E-state index is 7.43. The van der Waals surface area contributed by atoms with Crippen molar-refractivity contribution >= 4 is 12.0 Å². The van der Waals surface area contributed by atoms with Crippen molar-refractivity contribution in [3.8, 4) is 0 Å². The van der Waals surface area contributed by atoms with Crippen molar-refractivity contribution in [1.29, 1.82) is 5.41 Å². The standard InChI is InChI=1S/C19H24N2O/c1-5-8-19(17(6-2)13-20)21-14-16-9-11-18(12-10-16)15(4)22-7-3/h5-6,8-13,20-21H,1,4,7,14H2,2-3H3/b17-6-,19-8+,20-13?. The van der Waals surface area contributed by atoms with E-state index in [-0.39, 0.29) is 0 Å². The van der Waals surface area contributed by atoms with E-state index in [0.29, 0.717) is 18.9 Å². The molecule has 0 aromatic heterocycles. The summed E-state index contributed by atoms with van der Waals surface area (Å²) >= 11 is 0. The van der Waals surface area contributed by atoms with Gasteiger partial charge in [0.1, 0.15) is 5.76 Å². The van der Waals surface area contributed by atoms with Gasteiger partial charge in [-0.15, -0.1) is 0 Å². The summed E-state index contributed by atoms with van der Waals surface area (Å²) < 4.78 is 5.40. The van der Waals surface area contributed by atoms with Crippen molar-refractivity contribution in [2.24, 2.45) is 0 Å². The molecule has 0 aliphatic rings. The molecule has 22 heavy (non-hydrogen) atoms. The van der Waals surface area contributed by atoms with E-state index < -0.39 is 0 Å². The van der Waals surface area contributed by atoms with Crippen molar-refractivity contribution in [3.05, 3.63) is 78.0 Å². The average molecular weight is 296 g/mol. The second kappa shape index (κ2) is 9.40. The van der Waals surface area contributed by atoms with Crippen LogP contribution in [0.15, 0.2) is 66.9 Å². The lowest BCUT2D eigenvalue weighted by molar-refractivity contribution is 0.299. The van der Waals surface area contributed by atoms with Crippen LogP contribution < -0.4 is 5.32 Å². The van der Waals surface area contributed by atoms with Gasteiger partial charge >= 0.3 is 0 Å². The Labute approximate surface area is 133 Å². The molecule has 0 aliphatic heterocycles. The highest BCUT2D eigenvalue weighted by atomic mass is 16.5. The minimum atomic E-state index is 0.619. The molecule has 0 bridgehead atoms. The van der Waals surface area contributed by atoms with E-state index in [9.17, 15) is 0 Å². The quantitative estimate of drug-likeness (QED) is 0.402. The second-order valence-electron chi connectivity index (χ2n) is 4.61. The molecule has 0 fully saturated rings. The first-order chi connectivity index (χ1) is 10.7. The predicted molar refractivity (Wildman–Crippen MR) is 94.8 cm³/mol. The van der Waals surface area contributed by atoms with Crippen LogP contribution in [-0.4, -0.2) is 12.8 Å². The summed E-state index contributed by atoms with van der Waals surface area (Å²) in [5.41, 5.74) is 3.85. The van der Waals surface area contributed by atoms with E-state index in [0.717, 1.165) is 22.4 Å². The summed E-state index contributed by atoms with van der Waals surface area (Å²) in [7, 11) is 0. The molecule has 0 saturated heterocycles. The Kier molecular flexibility index (Phi) is 7.48. The van der Waals surface area contributed by atoms with Crippen molar-refractivity contribution in [1.82, 2.24) is 5.32 Å². The lowest BCUT2D eigenvalue weighted by atomic mass is 10.1. The zero-order chi connectivity index (χ0) is 16.4. The molecule has 116 valence electrons. The zero-order valence-electron chi connectivity index (χ0n) is 13.4. The number of hydrogen-bond donors (Lipinski definition) is 2. The Morgan fingerprint density at radius 3 is 2.50 bits per heavy atom. The number of allylic oxidation sites excluding steroid dienone is 4. The highest BCUT2D eigenvalue weighted by molar-refractivity contribution is 5.81. The molecule has 0 unspecified atom stereocenters. The zero-order valence-corrected chi connectivity index (χ0v) is 13.4. The van der Waals surface area contributed by atoms with Gasteiger partial charge < -0.3 is 15.5 Å². The minimum absolute atomic E-state index is 0.619. The van der Waals surface area contributed by atoms with E-state index in [1.807, 2.05) is 50.3 Å². The van der Waals surface area contributed by atoms with Gasteiger partial charge in [0.2, 0.25) is 0 Å². The second-order valence-corrected chi connectivity index (χ2v) is 4.61. The van der Waals surface area contributed by atoms with Gasteiger partial charge in [0.05, 0.1) is 6.61 Å². The molecule has 3 nitrogen and oxygen atoms in total. The number of ether oxygens (including phenoxy) is 1. The third-order valence-corrected chi connectivity index (χ3v) is 3.14. The van der Waals surface area contributed by atoms with Gasteiger partial charge in [-0.25, -0.2) is 0 Å². The van der Waals surface area contributed by atoms with Crippen LogP contribution in [0.1, 0.15) is 25.0 Å². The highest BCUT2D eigenvalue weighted by Gasteiger charge is 2.02. The Hall–Kier alpha value is -2.55. The molecule has 2 N–H and O–H groups in total. The minimum Gasteiger partial charge on any atom is -0.494 e. The van der Waals surface area contributed by atoms with Crippen LogP contribution in [0.4, 0.5) is 0 Å². The maximum atomic E-state index is 7.43. The first-order valence-corrected chi connectivity index (χ1v) is 7.31. The molecule has 0 heterocycles. The van der Waals surface area contributed by atoms with E-state index in [2.05, 4.69) is 18.5 Å². The predicted octanol–water partition coefficient (Wildman–Crippen LogP) is 4.45. The molecular weight excluding hydrogens is 272 g/mol. The normalized spacial score (nSPS) is 11.7. The van der Waals surface area contributed by atoms with Crippen molar-refractivity contribution in [3.63, 3.8) is 0 Å². The fourth-order valence-corrected chi connectivity index (χ4v) is 1.95. The van der Waals surface area contributed by atoms with Gasteiger partial charge in [0.15, 0.2) is 0 Å². The molecule has 1 aromatic rings. The summed E-state index contributed by atoms with van der Waals surface area (Å²) in [6, 6.07) is 8.08. The summed E-state index contributed by atoms with van der Waals surface area (Å²) in [5, 5.41) is 10.8. The van der Waals surface area contributed by atoms with E-state index in [1.165, 1.54) is 6.21 Å². The number of nitrogens with one attached hydrogen (secondary N) is 2. The molecule has 1 aromatic carbocycles. The summed E-state index contributed by atoms with van der Waals surface area (Å²) in [4.78, 5) is 0. The number of benzene rings is 1. The lowest BCUT2D eigenvalue weighted by Crippen LogP contribution is -2.15. The number of rotatable bonds is 9. The van der Waals surface area contributed by atoms with Crippen molar-refractivity contribution < 1.29 is 4.74 Å². The molecule has 0 saturated carbocycles. The molecule has 0 amide bonds. The van der Waals surface area contributed by atoms with Crippen LogP contribution in [0.25, 0.3) is 5.76 Å². The fraction of sp³-hybridized carbons (Fsp3) is 0.211. The highest BCUT2D eigenvalue weighted by Crippen LogP contribution is 2.15. The van der Waals surface area contributed by atoms with Gasteiger partial charge in [-0.3, -0.25) is 0 Å². The van der Waals surface area contributed by atoms with Crippen LogP contribution in [0.5, 0.6) is 0 Å². The fourth-order valence-electron chi connectivity index (χ4n) is 1.95. The average Bonchev–Trinajstić information content (AvgIpc) is 2.54. The molecule has 0 atom stereocenters. The first kappa shape index (κ1) is 17.5. The largest absolute Gasteiger partial charge is 0.494 e. The molecule has 0 radical (unpaired) electrons. The molecule has 0 spiro atoms. The van der Waals surface area contributed by atoms with Gasteiger partial charge in [0.25, 0.3) is 0 Å². The Bertz CT molecular complexity index is 580. The summed E-state index contributed by atoms with van der Waals surface area (Å²) in [6.45, 7) is 12.8. The van der Waals surface area contributed by atoms with E-state index >= 15 is 0 Å². The smallest absolute Gasteiger partial charge is 0.119 e. The van der Waals surface area contributed by atoms with Crippen LogP contribution in [-0.2, 0) is 11.3 Å². The van der Waals surface area contributed by atoms with Crippen molar-refractivity contribution in [2.45, 2.75) is 20.4 Å². The van der Waals surface area contributed by atoms with Gasteiger partial charge in [-0.2, -0.15) is 0 Å². The van der Waals surface area contributed by atoms with Crippen LogP contribution >= 0.6 is 0 Å². The lowest BCUT2D eigenvalue weighted by Gasteiger charge is -2.12.